The van der Waals surface area contributed by atoms with Gasteiger partial charge in [0.1, 0.15) is 5.82 Å². The third-order valence-electron chi connectivity index (χ3n) is 5.23. The highest BCUT2D eigenvalue weighted by molar-refractivity contribution is 7.71. The molecule has 1 saturated heterocycles. The van der Waals surface area contributed by atoms with Crippen LogP contribution in [-0.4, -0.2) is 40.5 Å². The first kappa shape index (κ1) is 17.9. The molecule has 5 nitrogen and oxygen atoms in total. The van der Waals surface area contributed by atoms with E-state index in [1.165, 1.54) is 16.2 Å². The molecule has 0 unspecified atom stereocenters. The second kappa shape index (κ2) is 7.66. The maximum atomic E-state index is 5.75. The maximum Gasteiger partial charge on any atom is 0.207 e. The van der Waals surface area contributed by atoms with Gasteiger partial charge in [-0.2, -0.15) is 9.78 Å². The van der Waals surface area contributed by atoms with Crippen molar-refractivity contribution in [1.82, 2.24) is 14.3 Å². The minimum Gasteiger partial charge on any atom is -0.360 e. The lowest BCUT2D eigenvalue weighted by atomic mass is 10.2. The van der Waals surface area contributed by atoms with Gasteiger partial charge in [-0.1, -0.05) is 30.3 Å². The third kappa shape index (κ3) is 3.82. The Hall–Kier alpha value is -2.44. The Labute approximate surface area is 165 Å². The summed E-state index contributed by atoms with van der Waals surface area (Å²) in [6.45, 7) is 9.25. The predicted molar refractivity (Wildman–Crippen MR) is 111 cm³/mol. The average molecular weight is 381 g/mol. The number of benzene rings is 2. The molecule has 27 heavy (non-hydrogen) atoms. The van der Waals surface area contributed by atoms with Gasteiger partial charge < -0.3 is 9.80 Å². The summed E-state index contributed by atoms with van der Waals surface area (Å²) in [5.41, 5.74) is 3.63. The molecule has 3 aromatic rings. The molecule has 1 N–H and O–H groups in total. The summed E-state index contributed by atoms with van der Waals surface area (Å²) in [5.74, 6) is 0.938. The second-order valence-corrected chi connectivity index (χ2v) is 7.60. The smallest absolute Gasteiger partial charge is 0.207 e. The van der Waals surface area contributed by atoms with Crippen LogP contribution in [-0.2, 0) is 6.67 Å². The SMILES string of the molecule is Cc1cccc(-n2c(C)nn(C[NH+]3CCN(c4ccccc4)CC3)c2=S)c1. The van der Waals surface area contributed by atoms with Crippen LogP contribution < -0.4 is 9.80 Å². The number of anilines is 1. The number of piperazine rings is 1. The minimum absolute atomic E-state index is 0.774. The van der Waals surface area contributed by atoms with Crippen LogP contribution in [0.5, 0.6) is 0 Å². The van der Waals surface area contributed by atoms with Gasteiger partial charge in [-0.05, 0) is 55.9 Å². The van der Waals surface area contributed by atoms with Gasteiger partial charge >= 0.3 is 0 Å². The van der Waals surface area contributed by atoms with E-state index in [2.05, 4.69) is 71.0 Å². The molecule has 6 heteroatoms. The summed E-state index contributed by atoms with van der Waals surface area (Å²) < 4.78 is 4.83. The zero-order chi connectivity index (χ0) is 18.8. The van der Waals surface area contributed by atoms with Crippen LogP contribution in [0.2, 0.25) is 0 Å². The van der Waals surface area contributed by atoms with E-state index < -0.39 is 0 Å². The second-order valence-electron chi connectivity index (χ2n) is 7.23. The van der Waals surface area contributed by atoms with Gasteiger partial charge in [0.2, 0.25) is 4.77 Å². The van der Waals surface area contributed by atoms with Gasteiger partial charge in [-0.15, -0.1) is 0 Å². The van der Waals surface area contributed by atoms with E-state index in [0.29, 0.717) is 0 Å². The van der Waals surface area contributed by atoms with Crippen molar-refractivity contribution >= 4 is 17.9 Å². The lowest BCUT2D eigenvalue weighted by Crippen LogP contribution is -3.14. The van der Waals surface area contributed by atoms with E-state index in [1.807, 2.05) is 11.6 Å². The number of hydrogen-bond donors (Lipinski definition) is 1. The number of aromatic nitrogens is 3. The van der Waals surface area contributed by atoms with Crippen LogP contribution in [0.3, 0.4) is 0 Å². The molecule has 1 aliphatic heterocycles. The summed E-state index contributed by atoms with van der Waals surface area (Å²) in [4.78, 5) is 3.98. The number of aryl methyl sites for hydroxylation is 2. The third-order valence-corrected chi connectivity index (χ3v) is 5.62. The Kier molecular flexibility index (Phi) is 5.09. The molecule has 1 aromatic heterocycles. The van der Waals surface area contributed by atoms with Crippen molar-refractivity contribution in [2.45, 2.75) is 20.5 Å². The van der Waals surface area contributed by atoms with Crippen LogP contribution in [0, 0.1) is 18.6 Å². The highest BCUT2D eigenvalue weighted by Gasteiger charge is 2.21. The summed E-state index contributed by atoms with van der Waals surface area (Å²) in [5, 5.41) is 4.73. The molecule has 0 atom stereocenters. The van der Waals surface area contributed by atoms with Crippen LogP contribution in [0.25, 0.3) is 5.69 Å². The highest BCUT2D eigenvalue weighted by atomic mass is 32.1. The van der Waals surface area contributed by atoms with Gasteiger partial charge in [0.25, 0.3) is 0 Å². The zero-order valence-corrected chi connectivity index (χ0v) is 16.7. The minimum atomic E-state index is 0.774. The first-order chi connectivity index (χ1) is 13.1. The molecule has 140 valence electrons. The van der Waals surface area contributed by atoms with Gasteiger partial charge in [0.15, 0.2) is 6.67 Å². The lowest BCUT2D eigenvalue weighted by Gasteiger charge is -2.33. The van der Waals surface area contributed by atoms with Gasteiger partial charge in [0, 0.05) is 11.4 Å². The molecule has 1 aliphatic rings. The number of nitrogens with zero attached hydrogens (tertiary/aromatic N) is 4. The van der Waals surface area contributed by atoms with Gasteiger partial charge in [-0.25, -0.2) is 0 Å². The summed E-state index contributed by atoms with van der Waals surface area (Å²) in [7, 11) is 0. The van der Waals surface area contributed by atoms with E-state index in [9.17, 15) is 0 Å². The summed E-state index contributed by atoms with van der Waals surface area (Å²) in [6, 6.07) is 19.1. The molecular weight excluding hydrogens is 354 g/mol. The highest BCUT2D eigenvalue weighted by Crippen LogP contribution is 2.14. The molecule has 0 spiro atoms. The zero-order valence-electron chi connectivity index (χ0n) is 15.9. The Balaban J connectivity index is 1.47. The quantitative estimate of drug-likeness (QED) is 0.705. The van der Waals surface area contributed by atoms with Crippen molar-refractivity contribution in [3.8, 4) is 5.69 Å². The largest absolute Gasteiger partial charge is 0.360 e. The molecule has 2 aromatic carbocycles. The molecular formula is C21H26N5S+. The number of rotatable bonds is 4. The van der Waals surface area contributed by atoms with E-state index in [-0.39, 0.29) is 0 Å². The average Bonchev–Trinajstić information content (AvgIpc) is 2.96. The van der Waals surface area contributed by atoms with Gasteiger partial charge in [-0.3, -0.25) is 4.57 Å². The first-order valence-electron chi connectivity index (χ1n) is 9.49. The van der Waals surface area contributed by atoms with Crippen LogP contribution >= 0.6 is 12.2 Å². The van der Waals surface area contributed by atoms with E-state index in [1.54, 1.807) is 0 Å². The predicted octanol–water partition coefficient (Wildman–Crippen LogP) is 2.38. The number of para-hydroxylation sites is 1. The standard InChI is InChI=1S/C21H25N5S/c1-17-7-6-10-20(15-17)26-18(2)22-25(21(26)27)16-23-11-13-24(14-12-23)19-8-4-3-5-9-19/h3-10,15H,11-14,16H2,1-2H3/p+1. The Morgan fingerprint density at radius 1 is 0.963 bits per heavy atom. The summed E-state index contributed by atoms with van der Waals surface area (Å²) >= 11 is 5.75. The van der Waals surface area contributed by atoms with Crippen molar-refractivity contribution in [2.24, 2.45) is 0 Å². The normalized spacial score (nSPS) is 15.3. The Bertz CT molecular complexity index is 968. The lowest BCUT2D eigenvalue weighted by molar-refractivity contribution is -0.924. The number of nitrogens with one attached hydrogen (secondary N) is 1. The van der Waals surface area contributed by atoms with Crippen LogP contribution in [0.15, 0.2) is 54.6 Å². The monoisotopic (exact) mass is 380 g/mol. The van der Waals surface area contributed by atoms with Crippen molar-refractivity contribution < 1.29 is 4.90 Å². The van der Waals surface area contributed by atoms with Crippen molar-refractivity contribution in [1.29, 1.82) is 0 Å². The molecule has 0 amide bonds. The van der Waals surface area contributed by atoms with E-state index in [4.69, 9.17) is 17.3 Å². The molecule has 0 bridgehead atoms. The van der Waals surface area contributed by atoms with Crippen molar-refractivity contribution in [2.75, 3.05) is 31.1 Å². The van der Waals surface area contributed by atoms with Gasteiger partial charge in [0.05, 0.1) is 26.2 Å². The van der Waals surface area contributed by atoms with Crippen LogP contribution in [0.1, 0.15) is 11.4 Å². The fourth-order valence-corrected chi connectivity index (χ4v) is 4.12. The summed E-state index contributed by atoms with van der Waals surface area (Å²) in [6.07, 6.45) is 0. The topological polar surface area (TPSA) is 30.4 Å². The van der Waals surface area contributed by atoms with Crippen molar-refractivity contribution in [3.63, 3.8) is 0 Å². The fraction of sp³-hybridized carbons (Fsp3) is 0.333. The van der Waals surface area contributed by atoms with E-state index in [0.717, 1.165) is 49.1 Å². The molecule has 0 aliphatic carbocycles. The van der Waals surface area contributed by atoms with Crippen LogP contribution in [0.4, 0.5) is 5.69 Å². The maximum absolute atomic E-state index is 5.75. The number of quaternary nitrogens is 1. The Morgan fingerprint density at radius 3 is 2.37 bits per heavy atom. The number of hydrogen-bond acceptors (Lipinski definition) is 3. The molecule has 0 radical (unpaired) electrons. The fourth-order valence-electron chi connectivity index (χ4n) is 3.77. The molecule has 0 saturated carbocycles. The Morgan fingerprint density at radius 2 is 1.67 bits per heavy atom. The van der Waals surface area contributed by atoms with E-state index >= 15 is 0 Å². The molecule has 4 rings (SSSR count). The first-order valence-corrected chi connectivity index (χ1v) is 9.90. The molecule has 1 fully saturated rings. The van der Waals surface area contributed by atoms with Crippen molar-refractivity contribution in [3.05, 3.63) is 70.8 Å². The molecule has 2 heterocycles.